The first-order valence-electron chi connectivity index (χ1n) is 7.36. The van der Waals surface area contributed by atoms with Gasteiger partial charge in [0, 0.05) is 5.56 Å². The molecule has 7 heteroatoms. The van der Waals surface area contributed by atoms with Gasteiger partial charge in [0.2, 0.25) is 5.89 Å². The second-order valence-electron chi connectivity index (χ2n) is 5.47. The van der Waals surface area contributed by atoms with E-state index in [-0.39, 0.29) is 12.0 Å². The zero-order valence-corrected chi connectivity index (χ0v) is 13.9. The minimum absolute atomic E-state index is 0.125. The van der Waals surface area contributed by atoms with Crippen LogP contribution in [0.3, 0.4) is 0 Å². The van der Waals surface area contributed by atoms with E-state index in [1.54, 1.807) is 0 Å². The Balaban J connectivity index is 1.79. The van der Waals surface area contributed by atoms with Crippen LogP contribution in [0, 0.1) is 5.92 Å². The molecule has 2 heterocycles. The Morgan fingerprint density at radius 2 is 2.18 bits per heavy atom. The second kappa shape index (κ2) is 6.66. The van der Waals surface area contributed by atoms with Crippen LogP contribution < -0.4 is 15.8 Å². The molecule has 1 aliphatic heterocycles. The van der Waals surface area contributed by atoms with E-state index < -0.39 is 5.76 Å². The fourth-order valence-electron chi connectivity index (χ4n) is 2.69. The van der Waals surface area contributed by atoms with Crippen molar-refractivity contribution in [3.8, 4) is 17.2 Å². The van der Waals surface area contributed by atoms with Crippen LogP contribution in [0.2, 0.25) is 0 Å². The third-order valence-electron chi connectivity index (χ3n) is 3.98. The number of rotatable bonds is 4. The molecule has 0 aliphatic carbocycles. The molecule has 22 heavy (non-hydrogen) atoms. The molecule has 3 rings (SSSR count). The van der Waals surface area contributed by atoms with Gasteiger partial charge in [-0.25, -0.2) is 9.89 Å². The monoisotopic (exact) mass is 367 g/mol. The molecule has 0 bridgehead atoms. The normalized spacial score (nSPS) is 17.4. The highest BCUT2D eigenvalue weighted by Gasteiger charge is 2.22. The maximum atomic E-state index is 11.1. The quantitative estimate of drug-likeness (QED) is 0.867. The van der Waals surface area contributed by atoms with Gasteiger partial charge in [-0.1, -0.05) is 0 Å². The lowest BCUT2D eigenvalue weighted by Crippen LogP contribution is -2.35. The number of nitrogens with one attached hydrogen (secondary N) is 2. The lowest BCUT2D eigenvalue weighted by atomic mass is 9.93. The number of aromatic nitrogens is 2. The van der Waals surface area contributed by atoms with Crippen LogP contribution in [0.25, 0.3) is 11.5 Å². The molecule has 1 atom stereocenters. The Labute approximate surface area is 136 Å². The summed E-state index contributed by atoms with van der Waals surface area (Å²) in [5.41, 5.74) is 0.703. The van der Waals surface area contributed by atoms with Gasteiger partial charge in [0.05, 0.1) is 10.6 Å². The zero-order valence-electron chi connectivity index (χ0n) is 12.3. The number of hydrogen-bond acceptors (Lipinski definition) is 5. The number of nitrogens with zero attached hydrogens (tertiary/aromatic N) is 1. The van der Waals surface area contributed by atoms with Crippen molar-refractivity contribution in [1.82, 2.24) is 15.5 Å². The first-order valence-corrected chi connectivity index (χ1v) is 8.15. The molecular formula is C15H18BrN3O3. The minimum atomic E-state index is -0.566. The van der Waals surface area contributed by atoms with E-state index in [4.69, 9.17) is 9.15 Å². The lowest BCUT2D eigenvalue weighted by molar-refractivity contribution is 0.127. The predicted octanol–water partition coefficient (Wildman–Crippen LogP) is 2.56. The van der Waals surface area contributed by atoms with Gasteiger partial charge >= 0.3 is 5.76 Å². The molecular weight excluding hydrogens is 350 g/mol. The summed E-state index contributed by atoms with van der Waals surface area (Å²) in [6.45, 7) is 4.18. The van der Waals surface area contributed by atoms with Crippen molar-refractivity contribution in [3.05, 3.63) is 33.2 Å². The van der Waals surface area contributed by atoms with Crippen LogP contribution >= 0.6 is 15.9 Å². The predicted molar refractivity (Wildman–Crippen MR) is 85.9 cm³/mol. The molecule has 1 unspecified atom stereocenters. The number of benzene rings is 1. The van der Waals surface area contributed by atoms with E-state index in [1.807, 2.05) is 18.2 Å². The van der Waals surface area contributed by atoms with Gasteiger partial charge in [0.25, 0.3) is 0 Å². The zero-order chi connectivity index (χ0) is 15.5. The minimum Gasteiger partial charge on any atom is -0.489 e. The van der Waals surface area contributed by atoms with Crippen molar-refractivity contribution in [2.24, 2.45) is 5.92 Å². The molecule has 2 N–H and O–H groups in total. The third-order valence-corrected chi connectivity index (χ3v) is 4.63. The lowest BCUT2D eigenvalue weighted by Gasteiger charge is -2.29. The van der Waals surface area contributed by atoms with Gasteiger partial charge < -0.3 is 14.5 Å². The summed E-state index contributed by atoms with van der Waals surface area (Å²) in [5, 5.41) is 9.46. The molecule has 1 aliphatic rings. The van der Waals surface area contributed by atoms with Gasteiger partial charge in [-0.05, 0) is 72.9 Å². The molecule has 6 nitrogen and oxygen atoms in total. The summed E-state index contributed by atoms with van der Waals surface area (Å²) < 4.78 is 12.0. The molecule has 1 fully saturated rings. The van der Waals surface area contributed by atoms with Gasteiger partial charge in [-0.2, -0.15) is 0 Å². The molecule has 0 saturated carbocycles. The van der Waals surface area contributed by atoms with E-state index in [2.05, 4.69) is 38.4 Å². The van der Waals surface area contributed by atoms with Crippen LogP contribution in [0.4, 0.5) is 0 Å². The fraction of sp³-hybridized carbons (Fsp3) is 0.467. The summed E-state index contributed by atoms with van der Waals surface area (Å²) in [4.78, 5) is 11.1. The Kier molecular flexibility index (Phi) is 4.63. The summed E-state index contributed by atoms with van der Waals surface area (Å²) in [7, 11) is 0. The maximum absolute atomic E-state index is 11.1. The van der Waals surface area contributed by atoms with Gasteiger partial charge in [0.1, 0.15) is 5.75 Å². The van der Waals surface area contributed by atoms with Crippen molar-refractivity contribution in [1.29, 1.82) is 0 Å². The van der Waals surface area contributed by atoms with Crippen molar-refractivity contribution >= 4 is 15.9 Å². The van der Waals surface area contributed by atoms with Crippen molar-refractivity contribution in [2.75, 3.05) is 13.1 Å². The second-order valence-corrected chi connectivity index (χ2v) is 6.33. The largest absolute Gasteiger partial charge is 0.489 e. The molecule has 0 spiro atoms. The van der Waals surface area contributed by atoms with Gasteiger partial charge in [-0.15, -0.1) is 5.10 Å². The van der Waals surface area contributed by atoms with Crippen LogP contribution in [-0.2, 0) is 0 Å². The molecule has 2 aromatic rings. The molecule has 0 radical (unpaired) electrons. The van der Waals surface area contributed by atoms with Gasteiger partial charge in [0.15, 0.2) is 0 Å². The fourth-order valence-corrected chi connectivity index (χ4v) is 3.03. The summed E-state index contributed by atoms with van der Waals surface area (Å²) >= 11 is 3.50. The van der Waals surface area contributed by atoms with Crippen LogP contribution in [0.1, 0.15) is 19.8 Å². The molecule has 1 aromatic carbocycles. The summed E-state index contributed by atoms with van der Waals surface area (Å²) in [6, 6.07) is 5.53. The van der Waals surface area contributed by atoms with Crippen LogP contribution in [0.5, 0.6) is 5.75 Å². The van der Waals surface area contributed by atoms with E-state index in [1.165, 1.54) is 0 Å². The number of ether oxygens (including phenoxy) is 1. The Morgan fingerprint density at radius 1 is 1.41 bits per heavy atom. The Bertz CT molecular complexity index is 691. The van der Waals surface area contributed by atoms with Crippen LogP contribution in [-0.4, -0.2) is 29.4 Å². The Hall–Kier alpha value is -1.60. The van der Waals surface area contributed by atoms with Crippen molar-refractivity contribution < 1.29 is 9.15 Å². The van der Waals surface area contributed by atoms with Gasteiger partial charge in [-0.3, -0.25) is 0 Å². The van der Waals surface area contributed by atoms with Crippen LogP contribution in [0.15, 0.2) is 31.9 Å². The molecule has 1 aromatic heterocycles. The average molecular weight is 368 g/mol. The molecule has 0 amide bonds. The third kappa shape index (κ3) is 3.41. The SMILES string of the molecule is CC(Oc1cc(-c2n[nH]c(=O)o2)ccc1Br)C1CCNCC1. The van der Waals surface area contributed by atoms with E-state index in [0.29, 0.717) is 11.5 Å². The smallest absolute Gasteiger partial charge is 0.434 e. The Morgan fingerprint density at radius 3 is 2.86 bits per heavy atom. The van der Waals surface area contributed by atoms with E-state index in [9.17, 15) is 4.79 Å². The van der Waals surface area contributed by atoms with Crippen molar-refractivity contribution in [3.63, 3.8) is 0 Å². The standard InChI is InChI=1S/C15H18BrN3O3/c1-9(10-4-6-17-7-5-10)21-13-8-11(2-3-12(13)16)14-18-19-15(20)22-14/h2-3,8-10,17H,4-7H2,1H3,(H,19,20). The maximum Gasteiger partial charge on any atom is 0.434 e. The average Bonchev–Trinajstić information content (AvgIpc) is 2.97. The number of aromatic amines is 1. The number of halogens is 1. The highest BCUT2D eigenvalue weighted by Crippen LogP contribution is 2.32. The number of hydrogen-bond donors (Lipinski definition) is 2. The topological polar surface area (TPSA) is 80.2 Å². The molecule has 118 valence electrons. The molecule has 1 saturated heterocycles. The summed E-state index contributed by atoms with van der Waals surface area (Å²) in [6.07, 6.45) is 2.36. The van der Waals surface area contributed by atoms with Crippen molar-refractivity contribution in [2.45, 2.75) is 25.9 Å². The first-order chi connectivity index (χ1) is 10.6. The summed E-state index contributed by atoms with van der Waals surface area (Å²) in [5.74, 6) is 0.967. The highest BCUT2D eigenvalue weighted by atomic mass is 79.9. The number of H-pyrrole nitrogens is 1. The van der Waals surface area contributed by atoms with E-state index in [0.717, 1.165) is 36.2 Å². The number of piperidine rings is 1. The van der Waals surface area contributed by atoms with E-state index >= 15 is 0 Å². The first kappa shape index (κ1) is 15.3. The highest BCUT2D eigenvalue weighted by molar-refractivity contribution is 9.10.